The summed E-state index contributed by atoms with van der Waals surface area (Å²) in [5, 5.41) is 0. The molecule has 4 aliphatic rings. The average molecular weight is 483 g/mol. The van der Waals surface area contributed by atoms with E-state index < -0.39 is 5.41 Å². The fourth-order valence-electron chi connectivity index (χ4n) is 8.74. The van der Waals surface area contributed by atoms with Crippen LogP contribution in [0.25, 0.3) is 0 Å². The molecule has 6 atom stereocenters. The van der Waals surface area contributed by atoms with Crippen LogP contribution in [0, 0.1) is 39.4 Å². The van der Waals surface area contributed by atoms with Gasteiger partial charge in [0.25, 0.3) is 0 Å². The lowest BCUT2D eigenvalue weighted by atomic mass is 9.36. The Hall–Kier alpha value is -1.75. The summed E-state index contributed by atoms with van der Waals surface area (Å²) in [6.45, 7) is 9.92. The van der Waals surface area contributed by atoms with Gasteiger partial charge in [-0.25, -0.2) is 0 Å². The van der Waals surface area contributed by atoms with E-state index in [2.05, 4.69) is 39.8 Å². The number of allylic oxidation sites excluding steroid dienone is 2. The number of esters is 2. The lowest BCUT2D eigenvalue weighted by molar-refractivity contribution is -0.203. The Balaban J connectivity index is 1.49. The number of thioether (sulfide) groups is 1. The van der Waals surface area contributed by atoms with Crippen LogP contribution in [-0.4, -0.2) is 24.8 Å². The van der Waals surface area contributed by atoms with Crippen molar-refractivity contribution in [3.63, 3.8) is 0 Å². The van der Waals surface area contributed by atoms with Gasteiger partial charge in [-0.3, -0.25) is 9.59 Å². The van der Waals surface area contributed by atoms with E-state index in [9.17, 15) is 9.59 Å². The maximum absolute atomic E-state index is 13.7. The quantitative estimate of drug-likeness (QED) is 0.208. The van der Waals surface area contributed by atoms with E-state index in [4.69, 9.17) is 9.47 Å². The molecule has 1 heterocycles. The number of fused-ring (bicyclic) bond motifs is 4. The maximum atomic E-state index is 13.7. The molecule has 3 aliphatic carbocycles. The van der Waals surface area contributed by atoms with E-state index in [1.165, 1.54) is 0 Å². The van der Waals surface area contributed by atoms with E-state index in [1.807, 2.05) is 30.5 Å². The third kappa shape index (κ3) is 3.40. The molecule has 5 rings (SSSR count). The molecule has 1 aliphatic heterocycles. The zero-order chi connectivity index (χ0) is 24.4. The molecular weight excluding hydrogens is 444 g/mol. The molecule has 1 aromatic carbocycles. The Morgan fingerprint density at radius 2 is 1.79 bits per heavy atom. The van der Waals surface area contributed by atoms with Gasteiger partial charge < -0.3 is 9.47 Å². The lowest BCUT2D eigenvalue weighted by Crippen LogP contribution is -2.64. The summed E-state index contributed by atoms with van der Waals surface area (Å²) >= 11 is 1.66. The number of hydrogen-bond donors (Lipinski definition) is 0. The van der Waals surface area contributed by atoms with Crippen molar-refractivity contribution in [3.8, 4) is 5.75 Å². The van der Waals surface area contributed by atoms with Crippen LogP contribution >= 0.6 is 11.8 Å². The van der Waals surface area contributed by atoms with E-state index in [1.54, 1.807) is 11.8 Å². The van der Waals surface area contributed by atoms with Crippen LogP contribution in [0.4, 0.5) is 0 Å². The third-order valence-electron chi connectivity index (χ3n) is 10.4. The van der Waals surface area contributed by atoms with Gasteiger partial charge >= 0.3 is 11.9 Å². The Kier molecular flexibility index (Phi) is 5.74. The largest absolute Gasteiger partial charge is 0.465 e. The molecule has 0 radical (unpaired) electrons. The molecular formula is C29H38O4S. The fourth-order valence-corrected chi connectivity index (χ4v) is 9.15. The van der Waals surface area contributed by atoms with Crippen LogP contribution < -0.4 is 4.74 Å². The molecule has 1 saturated heterocycles. The van der Waals surface area contributed by atoms with Crippen molar-refractivity contribution in [1.82, 2.24) is 0 Å². The summed E-state index contributed by atoms with van der Waals surface area (Å²) < 4.78 is 11.6. The molecule has 1 spiro atoms. The molecule has 0 N–H and O–H groups in total. The molecule has 2 saturated carbocycles. The number of carbonyl (C=O) groups is 2. The van der Waals surface area contributed by atoms with Crippen molar-refractivity contribution in [1.29, 1.82) is 0 Å². The molecule has 5 heteroatoms. The highest BCUT2D eigenvalue weighted by Gasteiger charge is 2.70. The van der Waals surface area contributed by atoms with Crippen LogP contribution in [0.1, 0.15) is 66.2 Å². The van der Waals surface area contributed by atoms with Gasteiger partial charge in [-0.2, -0.15) is 0 Å². The predicted octanol–water partition coefficient (Wildman–Crippen LogP) is 6.68. The number of ether oxygens (including phenoxy) is 2. The monoisotopic (exact) mass is 482 g/mol. The number of rotatable bonds is 3. The van der Waals surface area contributed by atoms with Crippen molar-refractivity contribution in [2.75, 3.05) is 12.9 Å². The molecule has 184 valence electrons. The Bertz CT molecular complexity index is 1010. The summed E-state index contributed by atoms with van der Waals surface area (Å²) in [6, 6.07) is 7.68. The molecule has 0 bridgehead atoms. The second-order valence-electron chi connectivity index (χ2n) is 12.2. The normalized spacial score (nSPS) is 40.4. The van der Waals surface area contributed by atoms with Crippen molar-refractivity contribution in [3.05, 3.63) is 36.4 Å². The van der Waals surface area contributed by atoms with Crippen molar-refractivity contribution in [2.24, 2.45) is 39.4 Å². The maximum Gasteiger partial charge on any atom is 0.315 e. The Morgan fingerprint density at radius 1 is 1.06 bits per heavy atom. The topological polar surface area (TPSA) is 52.6 Å². The van der Waals surface area contributed by atoms with E-state index >= 15 is 0 Å². The van der Waals surface area contributed by atoms with E-state index in [0.717, 1.165) is 37.0 Å². The predicted molar refractivity (Wildman–Crippen MR) is 135 cm³/mol. The SMILES string of the molecule is CSc1ccc(OC(=O)[C@H]2CC[C@@H]3[C@@]4(C)CC=CC(C)(C)C4CC[C@@]3(C)[C@@]23COC(=O)C3)cc1. The average Bonchev–Trinajstić information content (AvgIpc) is 3.17. The first-order chi connectivity index (χ1) is 16.1. The third-order valence-corrected chi connectivity index (χ3v) is 11.1. The first-order valence-electron chi connectivity index (χ1n) is 12.7. The van der Waals surface area contributed by atoms with Crippen molar-refractivity contribution in [2.45, 2.75) is 71.1 Å². The molecule has 4 nitrogen and oxygen atoms in total. The standard InChI is InChI=1S/C29H38O4S/c1-26(2)14-6-15-27(3)22(26)13-16-28(4)23(27)12-11-21(29(28)17-24(30)32-18-29)25(31)33-19-7-9-20(34-5)10-8-19/h6-10,14,21-23H,11-13,15-18H2,1-5H3/t21-,22?,23-,27+,28-,29+/m1/s1. The minimum Gasteiger partial charge on any atom is -0.465 e. The Morgan fingerprint density at radius 3 is 2.44 bits per heavy atom. The van der Waals surface area contributed by atoms with Gasteiger partial charge in [0.05, 0.1) is 18.9 Å². The minimum absolute atomic E-state index is 0.143. The number of carbonyl (C=O) groups excluding carboxylic acids is 2. The highest BCUT2D eigenvalue weighted by molar-refractivity contribution is 7.98. The first kappa shape index (κ1) is 24.0. The molecule has 34 heavy (non-hydrogen) atoms. The van der Waals surface area contributed by atoms with Gasteiger partial charge in [-0.05, 0) is 90.7 Å². The zero-order valence-corrected chi connectivity index (χ0v) is 22.0. The van der Waals surface area contributed by atoms with Crippen molar-refractivity contribution < 1.29 is 19.1 Å². The van der Waals surface area contributed by atoms with Gasteiger partial charge in [0, 0.05) is 10.3 Å². The van der Waals surface area contributed by atoms with Gasteiger partial charge in [0.15, 0.2) is 0 Å². The van der Waals surface area contributed by atoms with Gasteiger partial charge in [0.2, 0.25) is 0 Å². The summed E-state index contributed by atoms with van der Waals surface area (Å²) in [6.07, 6.45) is 12.1. The number of cyclic esters (lactones) is 1. The second kappa shape index (κ2) is 8.15. The van der Waals surface area contributed by atoms with Crippen LogP contribution in [0.2, 0.25) is 0 Å². The van der Waals surface area contributed by atoms with Crippen molar-refractivity contribution >= 4 is 23.7 Å². The van der Waals surface area contributed by atoms with Gasteiger partial charge in [0.1, 0.15) is 5.75 Å². The van der Waals surface area contributed by atoms with Crippen LogP contribution in [0.15, 0.2) is 41.3 Å². The first-order valence-corrected chi connectivity index (χ1v) is 14.0. The van der Waals surface area contributed by atoms with Gasteiger partial charge in [-0.15, -0.1) is 11.8 Å². The smallest absolute Gasteiger partial charge is 0.315 e. The highest BCUT2D eigenvalue weighted by atomic mass is 32.2. The van der Waals surface area contributed by atoms with Crippen LogP contribution in [-0.2, 0) is 14.3 Å². The minimum atomic E-state index is -0.497. The number of benzene rings is 1. The van der Waals surface area contributed by atoms with Crippen LogP contribution in [0.5, 0.6) is 5.75 Å². The summed E-state index contributed by atoms with van der Waals surface area (Å²) in [7, 11) is 0. The number of hydrogen-bond acceptors (Lipinski definition) is 5. The molecule has 0 aromatic heterocycles. The molecule has 1 aromatic rings. The summed E-state index contributed by atoms with van der Waals surface area (Å²) in [4.78, 5) is 27.4. The summed E-state index contributed by atoms with van der Waals surface area (Å²) in [5.74, 6) is 0.933. The van der Waals surface area contributed by atoms with Gasteiger partial charge in [-0.1, -0.05) is 39.8 Å². The summed E-state index contributed by atoms with van der Waals surface area (Å²) in [5.41, 5.74) is -0.312. The lowest BCUT2D eigenvalue weighted by Gasteiger charge is -2.67. The second-order valence-corrected chi connectivity index (χ2v) is 13.1. The molecule has 0 amide bonds. The highest BCUT2D eigenvalue weighted by Crippen LogP contribution is 2.72. The Labute approximate surface area is 208 Å². The van der Waals surface area contributed by atoms with E-state index in [-0.39, 0.29) is 34.1 Å². The van der Waals surface area contributed by atoms with Crippen LogP contribution in [0.3, 0.4) is 0 Å². The molecule has 1 unspecified atom stereocenters. The van der Waals surface area contributed by atoms with E-state index in [0.29, 0.717) is 30.6 Å². The fraction of sp³-hybridized carbons (Fsp3) is 0.655. The molecule has 3 fully saturated rings. The zero-order valence-electron chi connectivity index (χ0n) is 21.2.